The Balaban J connectivity index is 2.56. The summed E-state index contributed by atoms with van der Waals surface area (Å²) in [5, 5.41) is 0. The first-order valence-electron chi connectivity index (χ1n) is 5.85. The second kappa shape index (κ2) is 5.32. The molecule has 0 aliphatic carbocycles. The molecule has 0 saturated carbocycles. The normalized spacial score (nSPS) is 22.4. The molecular weight excluding hydrogens is 206 g/mol. The van der Waals surface area contributed by atoms with Crippen molar-refractivity contribution in [3.05, 3.63) is 0 Å². The zero-order chi connectivity index (χ0) is 12.2. The van der Waals surface area contributed by atoms with Crippen LogP contribution in [0.3, 0.4) is 0 Å². The Morgan fingerprint density at radius 3 is 2.62 bits per heavy atom. The van der Waals surface area contributed by atoms with Crippen LogP contribution in [0.1, 0.15) is 40.0 Å². The van der Waals surface area contributed by atoms with E-state index in [-0.39, 0.29) is 12.0 Å². The summed E-state index contributed by atoms with van der Waals surface area (Å²) < 4.78 is 5.30. The topological polar surface area (TPSA) is 46.6 Å². The van der Waals surface area contributed by atoms with Crippen molar-refractivity contribution in [3.8, 4) is 0 Å². The summed E-state index contributed by atoms with van der Waals surface area (Å²) in [6.07, 6.45) is 3.47. The van der Waals surface area contributed by atoms with Crippen molar-refractivity contribution in [1.29, 1.82) is 0 Å². The third-order valence-electron chi connectivity index (χ3n) is 2.55. The van der Waals surface area contributed by atoms with E-state index in [4.69, 9.17) is 4.74 Å². The predicted molar refractivity (Wildman–Crippen MR) is 61.2 cm³/mol. The van der Waals surface area contributed by atoms with Gasteiger partial charge in [-0.15, -0.1) is 0 Å². The summed E-state index contributed by atoms with van der Waals surface area (Å²) in [4.78, 5) is 24.3. The van der Waals surface area contributed by atoms with Gasteiger partial charge in [0.15, 0.2) is 0 Å². The van der Waals surface area contributed by atoms with Crippen LogP contribution >= 0.6 is 0 Å². The molecule has 4 nitrogen and oxygen atoms in total. The van der Waals surface area contributed by atoms with Crippen LogP contribution in [0, 0.1) is 5.92 Å². The van der Waals surface area contributed by atoms with Crippen molar-refractivity contribution in [2.75, 3.05) is 13.1 Å². The van der Waals surface area contributed by atoms with Crippen LogP contribution in [-0.4, -0.2) is 36.0 Å². The minimum atomic E-state index is -0.472. The standard InChI is InChI=1S/C12H21NO3/c1-12(2,3)16-11(15)13-7-5-4-6-10(8-13)9-14/h9-10H,4-8H2,1-3H3/t10-/m1/s1. The average Bonchev–Trinajstić information content (AvgIpc) is 2.39. The molecule has 1 saturated heterocycles. The number of amides is 1. The predicted octanol–water partition coefficient (Wildman–Crippen LogP) is 2.22. The third kappa shape index (κ3) is 4.21. The number of nitrogens with zero attached hydrogens (tertiary/aromatic N) is 1. The first kappa shape index (κ1) is 13.0. The maximum atomic E-state index is 11.8. The van der Waals surface area contributed by atoms with E-state index in [2.05, 4.69) is 0 Å². The van der Waals surface area contributed by atoms with Crippen LogP contribution < -0.4 is 0 Å². The Morgan fingerprint density at radius 2 is 2.06 bits per heavy atom. The summed E-state index contributed by atoms with van der Waals surface area (Å²) >= 11 is 0. The highest BCUT2D eigenvalue weighted by molar-refractivity contribution is 5.69. The minimum absolute atomic E-state index is 0.0324. The molecule has 0 radical (unpaired) electrons. The van der Waals surface area contributed by atoms with E-state index < -0.39 is 5.60 Å². The Kier molecular flexibility index (Phi) is 4.33. The zero-order valence-electron chi connectivity index (χ0n) is 10.4. The van der Waals surface area contributed by atoms with Crippen LogP contribution in [0.25, 0.3) is 0 Å². The van der Waals surface area contributed by atoms with Gasteiger partial charge in [-0.1, -0.05) is 6.42 Å². The summed E-state index contributed by atoms with van der Waals surface area (Å²) in [5.74, 6) is -0.0324. The smallest absolute Gasteiger partial charge is 0.410 e. The van der Waals surface area contributed by atoms with E-state index in [1.807, 2.05) is 20.8 Å². The molecular formula is C12H21NO3. The van der Waals surface area contributed by atoms with Crippen molar-refractivity contribution < 1.29 is 14.3 Å². The summed E-state index contributed by atoms with van der Waals surface area (Å²) in [6, 6.07) is 0. The van der Waals surface area contributed by atoms with Crippen molar-refractivity contribution in [2.24, 2.45) is 5.92 Å². The number of rotatable bonds is 1. The molecule has 4 heteroatoms. The molecule has 16 heavy (non-hydrogen) atoms. The van der Waals surface area contributed by atoms with E-state index in [9.17, 15) is 9.59 Å². The second-order valence-corrected chi connectivity index (χ2v) is 5.32. The van der Waals surface area contributed by atoms with E-state index in [1.54, 1.807) is 4.90 Å². The molecule has 0 unspecified atom stereocenters. The number of hydrogen-bond acceptors (Lipinski definition) is 3. The van der Waals surface area contributed by atoms with Gasteiger partial charge < -0.3 is 14.4 Å². The number of ether oxygens (including phenoxy) is 1. The van der Waals surface area contributed by atoms with Crippen LogP contribution in [0.5, 0.6) is 0 Å². The largest absolute Gasteiger partial charge is 0.444 e. The van der Waals surface area contributed by atoms with Gasteiger partial charge in [-0.3, -0.25) is 0 Å². The highest BCUT2D eigenvalue weighted by Gasteiger charge is 2.25. The molecule has 0 bridgehead atoms. The Hall–Kier alpha value is -1.06. The van der Waals surface area contributed by atoms with E-state index in [0.29, 0.717) is 13.1 Å². The van der Waals surface area contributed by atoms with Gasteiger partial charge in [0.05, 0.1) is 0 Å². The number of aldehydes is 1. The van der Waals surface area contributed by atoms with Crippen LogP contribution in [0.4, 0.5) is 4.79 Å². The average molecular weight is 227 g/mol. The summed E-state index contributed by atoms with van der Waals surface area (Å²) in [7, 11) is 0. The van der Waals surface area contributed by atoms with Crippen molar-refractivity contribution in [1.82, 2.24) is 4.90 Å². The quantitative estimate of drug-likeness (QED) is 0.645. The number of carbonyl (C=O) groups excluding carboxylic acids is 2. The minimum Gasteiger partial charge on any atom is -0.444 e. The molecule has 1 amide bonds. The molecule has 1 heterocycles. The second-order valence-electron chi connectivity index (χ2n) is 5.32. The molecule has 1 aliphatic heterocycles. The van der Waals surface area contributed by atoms with Gasteiger partial charge in [0, 0.05) is 19.0 Å². The highest BCUT2D eigenvalue weighted by Crippen LogP contribution is 2.17. The van der Waals surface area contributed by atoms with Gasteiger partial charge in [0.25, 0.3) is 0 Å². The lowest BCUT2D eigenvalue weighted by molar-refractivity contribution is -0.111. The Morgan fingerprint density at radius 1 is 1.38 bits per heavy atom. The summed E-state index contributed by atoms with van der Waals surface area (Å²) in [6.45, 7) is 6.73. The molecule has 0 spiro atoms. The van der Waals surface area contributed by atoms with Gasteiger partial charge in [-0.2, -0.15) is 0 Å². The molecule has 1 fully saturated rings. The lowest BCUT2D eigenvalue weighted by atomic mass is 10.1. The van der Waals surface area contributed by atoms with Crippen LogP contribution in [-0.2, 0) is 9.53 Å². The molecule has 1 atom stereocenters. The van der Waals surface area contributed by atoms with Gasteiger partial charge in [-0.25, -0.2) is 4.79 Å². The van der Waals surface area contributed by atoms with Crippen LogP contribution in [0.15, 0.2) is 0 Å². The molecule has 1 rings (SSSR count). The number of likely N-dealkylation sites (tertiary alicyclic amines) is 1. The lowest BCUT2D eigenvalue weighted by Crippen LogP contribution is -2.39. The monoisotopic (exact) mass is 227 g/mol. The molecule has 0 aromatic rings. The van der Waals surface area contributed by atoms with Gasteiger partial charge in [-0.05, 0) is 33.6 Å². The lowest BCUT2D eigenvalue weighted by Gasteiger charge is -2.27. The molecule has 92 valence electrons. The van der Waals surface area contributed by atoms with Crippen molar-refractivity contribution in [2.45, 2.75) is 45.6 Å². The van der Waals surface area contributed by atoms with Gasteiger partial charge >= 0.3 is 6.09 Å². The first-order chi connectivity index (χ1) is 7.42. The highest BCUT2D eigenvalue weighted by atomic mass is 16.6. The number of hydrogen-bond donors (Lipinski definition) is 0. The third-order valence-corrected chi connectivity index (χ3v) is 2.55. The molecule has 0 aromatic carbocycles. The Bertz CT molecular complexity index is 257. The Labute approximate surface area is 96.9 Å². The fourth-order valence-electron chi connectivity index (χ4n) is 1.78. The van der Waals surface area contributed by atoms with E-state index >= 15 is 0 Å². The van der Waals surface area contributed by atoms with E-state index in [1.165, 1.54) is 0 Å². The fraction of sp³-hybridized carbons (Fsp3) is 0.833. The maximum Gasteiger partial charge on any atom is 0.410 e. The fourth-order valence-corrected chi connectivity index (χ4v) is 1.78. The maximum absolute atomic E-state index is 11.8. The van der Waals surface area contributed by atoms with Gasteiger partial charge in [0.1, 0.15) is 11.9 Å². The van der Waals surface area contributed by atoms with Gasteiger partial charge in [0.2, 0.25) is 0 Å². The van der Waals surface area contributed by atoms with Crippen molar-refractivity contribution in [3.63, 3.8) is 0 Å². The van der Waals surface area contributed by atoms with E-state index in [0.717, 1.165) is 25.5 Å². The zero-order valence-corrected chi connectivity index (χ0v) is 10.4. The van der Waals surface area contributed by atoms with Crippen LogP contribution in [0.2, 0.25) is 0 Å². The SMILES string of the molecule is CC(C)(C)OC(=O)N1CCCC[C@@H](C=O)C1. The first-order valence-corrected chi connectivity index (χ1v) is 5.85. The molecule has 0 aromatic heterocycles. The molecule has 0 N–H and O–H groups in total. The number of carbonyl (C=O) groups is 2. The van der Waals surface area contributed by atoms with Crippen molar-refractivity contribution >= 4 is 12.4 Å². The molecule has 1 aliphatic rings. The summed E-state index contributed by atoms with van der Waals surface area (Å²) in [5.41, 5.74) is -0.472.